The van der Waals surface area contributed by atoms with E-state index in [0.29, 0.717) is 18.8 Å². The van der Waals surface area contributed by atoms with Gasteiger partial charge in [-0.3, -0.25) is 9.78 Å². The lowest BCUT2D eigenvalue weighted by Gasteiger charge is -2.33. The fourth-order valence-electron chi connectivity index (χ4n) is 3.20. The molecule has 1 aliphatic rings. The van der Waals surface area contributed by atoms with Gasteiger partial charge in [-0.2, -0.15) is 0 Å². The van der Waals surface area contributed by atoms with Crippen LogP contribution >= 0.6 is 0 Å². The monoisotopic (exact) mass is 326 g/mol. The van der Waals surface area contributed by atoms with Gasteiger partial charge in [-0.15, -0.1) is 0 Å². The maximum atomic E-state index is 12.6. The number of aryl methyl sites for hydroxylation is 1. The lowest BCUT2D eigenvalue weighted by atomic mass is 9.91. The van der Waals surface area contributed by atoms with Crippen molar-refractivity contribution >= 4 is 5.91 Å². The molecule has 0 aromatic carbocycles. The summed E-state index contributed by atoms with van der Waals surface area (Å²) in [5.41, 5.74) is 2.62. The molecule has 3 rings (SSSR count). The van der Waals surface area contributed by atoms with Gasteiger partial charge in [0.05, 0.1) is 18.7 Å². The minimum Gasteiger partial charge on any atom is -0.392 e. The Labute approximate surface area is 141 Å². The molecule has 6 heteroatoms. The standard InChI is InChI=1S/C18H22N4O2/c1-13-20-10-16(12-23)18(21-13)15-3-2-8-22(11-15)17(24)9-14-4-6-19-7-5-14/h4-7,10,15,23H,2-3,8-9,11-12H2,1H3. The van der Waals surface area contributed by atoms with Crippen molar-refractivity contribution in [1.29, 1.82) is 0 Å². The predicted octanol–water partition coefficient (Wildman–Crippen LogP) is 1.62. The summed E-state index contributed by atoms with van der Waals surface area (Å²) in [5, 5.41) is 9.54. The highest BCUT2D eigenvalue weighted by Gasteiger charge is 2.27. The normalized spacial score (nSPS) is 17.8. The summed E-state index contributed by atoms with van der Waals surface area (Å²) in [7, 11) is 0. The van der Waals surface area contributed by atoms with E-state index in [0.717, 1.165) is 36.2 Å². The van der Waals surface area contributed by atoms with E-state index in [1.165, 1.54) is 0 Å². The molecule has 1 aliphatic heterocycles. The van der Waals surface area contributed by atoms with Gasteiger partial charge in [0, 0.05) is 43.2 Å². The highest BCUT2D eigenvalue weighted by molar-refractivity contribution is 5.78. The number of aliphatic hydroxyl groups is 1. The number of hydrogen-bond acceptors (Lipinski definition) is 5. The van der Waals surface area contributed by atoms with E-state index in [2.05, 4.69) is 15.0 Å². The number of carbonyl (C=O) groups excluding carboxylic acids is 1. The van der Waals surface area contributed by atoms with Crippen LogP contribution < -0.4 is 0 Å². The Hall–Kier alpha value is -2.34. The Morgan fingerprint density at radius 1 is 1.38 bits per heavy atom. The molecule has 0 saturated carbocycles. The number of aromatic nitrogens is 3. The number of pyridine rings is 1. The number of nitrogens with zero attached hydrogens (tertiary/aromatic N) is 4. The van der Waals surface area contributed by atoms with Gasteiger partial charge in [-0.05, 0) is 37.5 Å². The SMILES string of the molecule is Cc1ncc(CO)c(C2CCCN(C(=O)Cc3ccncc3)C2)n1. The molecule has 3 heterocycles. The Morgan fingerprint density at radius 3 is 2.92 bits per heavy atom. The maximum absolute atomic E-state index is 12.6. The van der Waals surface area contributed by atoms with Gasteiger partial charge in [0.25, 0.3) is 0 Å². The topological polar surface area (TPSA) is 79.2 Å². The van der Waals surface area contributed by atoms with Crippen LogP contribution in [-0.2, 0) is 17.8 Å². The van der Waals surface area contributed by atoms with Gasteiger partial charge in [0.2, 0.25) is 5.91 Å². The summed E-state index contributed by atoms with van der Waals surface area (Å²) in [4.78, 5) is 27.2. The Morgan fingerprint density at radius 2 is 2.17 bits per heavy atom. The van der Waals surface area contributed by atoms with Crippen LogP contribution in [0.3, 0.4) is 0 Å². The zero-order valence-corrected chi connectivity index (χ0v) is 13.9. The van der Waals surface area contributed by atoms with Gasteiger partial charge >= 0.3 is 0 Å². The second kappa shape index (κ2) is 7.49. The Kier molecular flexibility index (Phi) is 5.15. The van der Waals surface area contributed by atoms with Crippen LogP contribution in [0.1, 0.15) is 41.4 Å². The summed E-state index contributed by atoms with van der Waals surface area (Å²) in [5.74, 6) is 0.980. The number of aliphatic hydroxyl groups excluding tert-OH is 1. The number of amides is 1. The van der Waals surface area contributed by atoms with Crippen molar-refractivity contribution in [2.75, 3.05) is 13.1 Å². The molecule has 0 radical (unpaired) electrons. The third-order valence-corrected chi connectivity index (χ3v) is 4.45. The second-order valence-electron chi connectivity index (χ2n) is 6.20. The maximum Gasteiger partial charge on any atom is 0.227 e. The van der Waals surface area contributed by atoms with E-state index in [-0.39, 0.29) is 18.4 Å². The summed E-state index contributed by atoms with van der Waals surface area (Å²) >= 11 is 0. The highest BCUT2D eigenvalue weighted by Crippen LogP contribution is 2.28. The van der Waals surface area contributed by atoms with Crippen molar-refractivity contribution < 1.29 is 9.90 Å². The van der Waals surface area contributed by atoms with E-state index in [4.69, 9.17) is 0 Å². The molecule has 24 heavy (non-hydrogen) atoms. The van der Waals surface area contributed by atoms with Crippen molar-refractivity contribution in [2.24, 2.45) is 0 Å². The van der Waals surface area contributed by atoms with Crippen LogP contribution in [0.15, 0.2) is 30.7 Å². The number of piperidine rings is 1. The molecule has 1 atom stereocenters. The average molecular weight is 326 g/mol. The third-order valence-electron chi connectivity index (χ3n) is 4.45. The molecular formula is C18H22N4O2. The zero-order chi connectivity index (χ0) is 16.9. The van der Waals surface area contributed by atoms with Crippen LogP contribution in [0.5, 0.6) is 0 Å². The molecule has 6 nitrogen and oxygen atoms in total. The smallest absolute Gasteiger partial charge is 0.227 e. The fraction of sp³-hybridized carbons (Fsp3) is 0.444. The molecule has 0 bridgehead atoms. The van der Waals surface area contributed by atoms with Crippen LogP contribution in [0, 0.1) is 6.92 Å². The largest absolute Gasteiger partial charge is 0.392 e. The number of hydrogen-bond donors (Lipinski definition) is 1. The van der Waals surface area contributed by atoms with Gasteiger partial charge < -0.3 is 10.0 Å². The molecule has 2 aromatic heterocycles. The van der Waals surface area contributed by atoms with Gasteiger partial charge in [-0.25, -0.2) is 9.97 Å². The van der Waals surface area contributed by atoms with Crippen molar-refractivity contribution in [3.8, 4) is 0 Å². The molecule has 2 aromatic rings. The minimum atomic E-state index is -0.0723. The molecular weight excluding hydrogens is 304 g/mol. The first kappa shape index (κ1) is 16.5. The van der Waals surface area contributed by atoms with Gasteiger partial charge in [0.1, 0.15) is 5.82 Å². The van der Waals surface area contributed by atoms with E-state index in [1.54, 1.807) is 18.6 Å². The third kappa shape index (κ3) is 3.76. The highest BCUT2D eigenvalue weighted by atomic mass is 16.3. The molecule has 0 spiro atoms. The number of rotatable bonds is 4. The van der Waals surface area contributed by atoms with Crippen LogP contribution in [0.2, 0.25) is 0 Å². The fourth-order valence-corrected chi connectivity index (χ4v) is 3.20. The quantitative estimate of drug-likeness (QED) is 0.923. The van der Waals surface area contributed by atoms with E-state index < -0.39 is 0 Å². The first-order chi connectivity index (χ1) is 11.7. The first-order valence-electron chi connectivity index (χ1n) is 8.27. The van der Waals surface area contributed by atoms with Crippen molar-refractivity contribution in [2.45, 2.75) is 38.7 Å². The van der Waals surface area contributed by atoms with Crippen molar-refractivity contribution in [3.63, 3.8) is 0 Å². The van der Waals surface area contributed by atoms with Gasteiger partial charge in [-0.1, -0.05) is 0 Å². The van der Waals surface area contributed by atoms with Crippen LogP contribution in [0.4, 0.5) is 0 Å². The first-order valence-corrected chi connectivity index (χ1v) is 8.27. The molecule has 0 aliphatic carbocycles. The Bertz CT molecular complexity index is 705. The van der Waals surface area contributed by atoms with Gasteiger partial charge in [0.15, 0.2) is 0 Å². The molecule has 1 saturated heterocycles. The van der Waals surface area contributed by atoms with E-state index in [1.807, 2.05) is 24.0 Å². The molecule has 1 unspecified atom stereocenters. The predicted molar refractivity (Wildman–Crippen MR) is 89.2 cm³/mol. The van der Waals surface area contributed by atoms with Crippen LogP contribution in [-0.4, -0.2) is 44.0 Å². The van der Waals surface area contributed by atoms with Crippen LogP contribution in [0.25, 0.3) is 0 Å². The average Bonchev–Trinajstić information content (AvgIpc) is 2.62. The molecule has 1 amide bonds. The van der Waals surface area contributed by atoms with Crippen molar-refractivity contribution in [1.82, 2.24) is 19.9 Å². The zero-order valence-electron chi connectivity index (χ0n) is 13.9. The summed E-state index contributed by atoms with van der Waals surface area (Å²) < 4.78 is 0. The lowest BCUT2D eigenvalue weighted by molar-refractivity contribution is -0.131. The molecule has 126 valence electrons. The summed E-state index contributed by atoms with van der Waals surface area (Å²) in [6.45, 7) is 3.20. The molecule has 1 N–H and O–H groups in total. The summed E-state index contributed by atoms with van der Waals surface area (Å²) in [6, 6.07) is 3.74. The summed E-state index contributed by atoms with van der Waals surface area (Å²) in [6.07, 6.45) is 7.42. The van der Waals surface area contributed by atoms with E-state index >= 15 is 0 Å². The Balaban J connectivity index is 1.72. The van der Waals surface area contributed by atoms with E-state index in [9.17, 15) is 9.90 Å². The lowest BCUT2D eigenvalue weighted by Crippen LogP contribution is -2.40. The second-order valence-corrected chi connectivity index (χ2v) is 6.20. The number of likely N-dealkylation sites (tertiary alicyclic amines) is 1. The van der Waals surface area contributed by atoms with Crippen molar-refractivity contribution in [3.05, 3.63) is 53.4 Å². The molecule has 1 fully saturated rings. The minimum absolute atomic E-state index is 0.0723. The number of carbonyl (C=O) groups is 1.